The van der Waals surface area contributed by atoms with Gasteiger partial charge in [0, 0.05) is 45.7 Å². The molecule has 1 saturated heterocycles. The molecule has 1 aromatic rings. The Bertz CT molecular complexity index is 461. The second-order valence-electron chi connectivity index (χ2n) is 5.70. The van der Waals surface area contributed by atoms with E-state index in [9.17, 15) is 4.79 Å². The first-order chi connectivity index (χ1) is 10.7. The Morgan fingerprint density at radius 1 is 1.26 bits per heavy atom. The molecule has 0 atom stereocenters. The van der Waals surface area contributed by atoms with Gasteiger partial charge >= 0.3 is 0 Å². The van der Waals surface area contributed by atoms with Gasteiger partial charge in [-0.05, 0) is 31.7 Å². The smallest absolute Gasteiger partial charge is 0.223 e. The predicted molar refractivity (Wildman–Crippen MR) is 95.3 cm³/mol. The standard InChI is InChI=1S/C17H27N3O2.ClH/c1-3-22-16-6-4-15(5-7-16)14-19(2)11-8-17(21)20-12-9-18-10-13-20;/h4-7,18H,3,8-14H2,1-2H3;1H. The van der Waals surface area contributed by atoms with Crippen molar-refractivity contribution in [1.29, 1.82) is 0 Å². The highest BCUT2D eigenvalue weighted by atomic mass is 35.5. The fourth-order valence-corrected chi connectivity index (χ4v) is 2.61. The van der Waals surface area contributed by atoms with E-state index in [1.54, 1.807) is 0 Å². The van der Waals surface area contributed by atoms with Gasteiger partial charge in [-0.3, -0.25) is 4.79 Å². The highest BCUT2D eigenvalue weighted by Crippen LogP contribution is 2.13. The van der Waals surface area contributed by atoms with Gasteiger partial charge in [0.15, 0.2) is 0 Å². The summed E-state index contributed by atoms with van der Waals surface area (Å²) in [5, 5.41) is 3.27. The number of hydrogen-bond donors (Lipinski definition) is 1. The number of rotatable bonds is 7. The van der Waals surface area contributed by atoms with Crippen molar-refractivity contribution in [3.63, 3.8) is 0 Å². The molecule has 1 heterocycles. The van der Waals surface area contributed by atoms with Crippen molar-refractivity contribution in [3.8, 4) is 5.75 Å². The average Bonchev–Trinajstić information content (AvgIpc) is 2.55. The van der Waals surface area contributed by atoms with Crippen molar-refractivity contribution < 1.29 is 9.53 Å². The minimum atomic E-state index is 0. The quantitative estimate of drug-likeness (QED) is 0.821. The van der Waals surface area contributed by atoms with E-state index in [1.165, 1.54) is 5.56 Å². The van der Waals surface area contributed by atoms with Crippen LogP contribution in [0.4, 0.5) is 0 Å². The molecular weight excluding hydrogens is 314 g/mol. The molecule has 6 heteroatoms. The Morgan fingerprint density at radius 2 is 1.91 bits per heavy atom. The lowest BCUT2D eigenvalue weighted by atomic mass is 10.2. The van der Waals surface area contributed by atoms with Crippen molar-refractivity contribution in [1.82, 2.24) is 15.1 Å². The summed E-state index contributed by atoms with van der Waals surface area (Å²) in [6.07, 6.45) is 0.591. The fraction of sp³-hybridized carbons (Fsp3) is 0.588. The normalized spacial score (nSPS) is 14.5. The Balaban J connectivity index is 0.00000264. The van der Waals surface area contributed by atoms with Gasteiger partial charge in [0.1, 0.15) is 5.75 Å². The van der Waals surface area contributed by atoms with Crippen molar-refractivity contribution in [2.75, 3.05) is 46.4 Å². The summed E-state index contributed by atoms with van der Waals surface area (Å²) in [5.74, 6) is 1.17. The molecule has 0 unspecified atom stereocenters. The van der Waals surface area contributed by atoms with Crippen LogP contribution in [0.2, 0.25) is 0 Å². The molecule has 0 aliphatic carbocycles. The molecule has 1 N–H and O–H groups in total. The lowest BCUT2D eigenvalue weighted by Gasteiger charge is -2.28. The van der Waals surface area contributed by atoms with E-state index in [0.29, 0.717) is 13.0 Å². The van der Waals surface area contributed by atoms with Crippen LogP contribution >= 0.6 is 12.4 Å². The van der Waals surface area contributed by atoms with E-state index in [0.717, 1.165) is 45.0 Å². The van der Waals surface area contributed by atoms with Crippen LogP contribution in [0.25, 0.3) is 0 Å². The van der Waals surface area contributed by atoms with Crippen LogP contribution in [0, 0.1) is 0 Å². The summed E-state index contributed by atoms with van der Waals surface area (Å²) in [7, 11) is 2.06. The van der Waals surface area contributed by atoms with Crippen molar-refractivity contribution >= 4 is 18.3 Å². The fourth-order valence-electron chi connectivity index (χ4n) is 2.61. The summed E-state index contributed by atoms with van der Waals surface area (Å²) in [4.78, 5) is 16.3. The van der Waals surface area contributed by atoms with E-state index < -0.39 is 0 Å². The summed E-state index contributed by atoms with van der Waals surface area (Å²) in [6, 6.07) is 8.16. The molecule has 130 valence electrons. The largest absolute Gasteiger partial charge is 0.494 e. The molecule has 0 radical (unpaired) electrons. The second-order valence-corrected chi connectivity index (χ2v) is 5.70. The van der Waals surface area contributed by atoms with Crippen molar-refractivity contribution in [2.24, 2.45) is 0 Å². The first-order valence-electron chi connectivity index (χ1n) is 8.08. The molecular formula is C17H28ClN3O2. The van der Waals surface area contributed by atoms with E-state index in [1.807, 2.05) is 24.0 Å². The highest BCUT2D eigenvalue weighted by molar-refractivity contribution is 5.85. The zero-order chi connectivity index (χ0) is 15.8. The molecule has 1 amide bonds. The summed E-state index contributed by atoms with van der Waals surface area (Å²) < 4.78 is 5.44. The third-order valence-electron chi connectivity index (χ3n) is 3.86. The van der Waals surface area contributed by atoms with Gasteiger partial charge in [-0.25, -0.2) is 0 Å². The van der Waals surface area contributed by atoms with Gasteiger partial charge in [-0.15, -0.1) is 12.4 Å². The Kier molecular flexibility index (Phi) is 8.99. The molecule has 1 aliphatic rings. The minimum Gasteiger partial charge on any atom is -0.494 e. The van der Waals surface area contributed by atoms with E-state index in [-0.39, 0.29) is 18.3 Å². The van der Waals surface area contributed by atoms with Crippen molar-refractivity contribution in [2.45, 2.75) is 19.9 Å². The zero-order valence-corrected chi connectivity index (χ0v) is 14.9. The molecule has 2 rings (SSSR count). The lowest BCUT2D eigenvalue weighted by Crippen LogP contribution is -2.47. The van der Waals surface area contributed by atoms with Gasteiger partial charge in [0.05, 0.1) is 6.61 Å². The molecule has 0 saturated carbocycles. The molecule has 0 spiro atoms. The van der Waals surface area contributed by atoms with Crippen LogP contribution in [0.3, 0.4) is 0 Å². The van der Waals surface area contributed by atoms with Crippen LogP contribution in [0.5, 0.6) is 5.75 Å². The second kappa shape index (κ2) is 10.5. The SMILES string of the molecule is CCOc1ccc(CN(C)CCC(=O)N2CCNCC2)cc1.Cl. The van der Waals surface area contributed by atoms with E-state index in [2.05, 4.69) is 29.4 Å². The monoisotopic (exact) mass is 341 g/mol. The number of halogens is 1. The molecule has 1 fully saturated rings. The zero-order valence-electron chi connectivity index (χ0n) is 14.1. The number of ether oxygens (including phenoxy) is 1. The van der Waals surface area contributed by atoms with Gasteiger partial charge in [0.25, 0.3) is 0 Å². The molecule has 5 nitrogen and oxygen atoms in total. The predicted octanol–water partition coefficient (Wildman–Crippen LogP) is 1.76. The average molecular weight is 342 g/mol. The van der Waals surface area contributed by atoms with Gasteiger partial charge in [-0.2, -0.15) is 0 Å². The molecule has 0 bridgehead atoms. The number of hydrogen-bond acceptors (Lipinski definition) is 4. The Labute approximate surface area is 145 Å². The Morgan fingerprint density at radius 3 is 2.52 bits per heavy atom. The molecule has 23 heavy (non-hydrogen) atoms. The van der Waals surface area contributed by atoms with Crippen LogP contribution in [-0.2, 0) is 11.3 Å². The maximum atomic E-state index is 12.1. The summed E-state index contributed by atoms with van der Waals surface area (Å²) in [6.45, 7) is 7.80. The molecule has 0 aromatic heterocycles. The van der Waals surface area contributed by atoms with Gasteiger partial charge in [0.2, 0.25) is 5.91 Å². The number of nitrogens with zero attached hydrogens (tertiary/aromatic N) is 2. The number of carbonyl (C=O) groups excluding carboxylic acids is 1. The summed E-state index contributed by atoms with van der Waals surface area (Å²) in [5.41, 5.74) is 1.24. The van der Waals surface area contributed by atoms with Crippen LogP contribution in [0.1, 0.15) is 18.9 Å². The van der Waals surface area contributed by atoms with Gasteiger partial charge in [-0.1, -0.05) is 12.1 Å². The third-order valence-corrected chi connectivity index (χ3v) is 3.86. The van der Waals surface area contributed by atoms with Crippen molar-refractivity contribution in [3.05, 3.63) is 29.8 Å². The van der Waals surface area contributed by atoms with Gasteiger partial charge < -0.3 is 19.9 Å². The number of carbonyl (C=O) groups is 1. The first-order valence-corrected chi connectivity index (χ1v) is 8.08. The van der Waals surface area contributed by atoms with Crippen LogP contribution in [-0.4, -0.2) is 62.1 Å². The summed E-state index contributed by atoms with van der Waals surface area (Å²) >= 11 is 0. The maximum absolute atomic E-state index is 12.1. The third kappa shape index (κ3) is 6.77. The highest BCUT2D eigenvalue weighted by Gasteiger charge is 2.16. The maximum Gasteiger partial charge on any atom is 0.223 e. The van der Waals surface area contributed by atoms with Crippen LogP contribution < -0.4 is 10.1 Å². The molecule has 1 aliphatic heterocycles. The minimum absolute atomic E-state index is 0. The number of benzene rings is 1. The number of piperazine rings is 1. The first kappa shape index (κ1) is 19.7. The Hall–Kier alpha value is -1.30. The lowest BCUT2D eigenvalue weighted by molar-refractivity contribution is -0.132. The topological polar surface area (TPSA) is 44.8 Å². The number of nitrogens with one attached hydrogen (secondary N) is 1. The molecule has 1 aromatic carbocycles. The van der Waals surface area contributed by atoms with E-state index >= 15 is 0 Å². The van der Waals surface area contributed by atoms with E-state index in [4.69, 9.17) is 4.74 Å². The van der Waals surface area contributed by atoms with Crippen LogP contribution in [0.15, 0.2) is 24.3 Å². The number of amides is 1.